The summed E-state index contributed by atoms with van der Waals surface area (Å²) < 4.78 is 27.5. The summed E-state index contributed by atoms with van der Waals surface area (Å²) in [4.78, 5) is 21.2. The smallest absolute Gasteiger partial charge is 0.253 e. The lowest BCUT2D eigenvalue weighted by Crippen LogP contribution is -2.39. The highest BCUT2D eigenvalue weighted by atomic mass is 32.2. The lowest BCUT2D eigenvalue weighted by Gasteiger charge is -2.31. The van der Waals surface area contributed by atoms with E-state index in [9.17, 15) is 13.2 Å². The number of nitrogens with one attached hydrogen (secondary N) is 2. The lowest BCUT2D eigenvalue weighted by molar-refractivity contribution is 0.0951. The van der Waals surface area contributed by atoms with Gasteiger partial charge in [0, 0.05) is 48.3 Å². The van der Waals surface area contributed by atoms with Crippen LogP contribution in [0.15, 0.2) is 72.9 Å². The van der Waals surface area contributed by atoms with Gasteiger partial charge in [0.25, 0.3) is 5.91 Å². The van der Waals surface area contributed by atoms with Gasteiger partial charge in [0.15, 0.2) is 0 Å². The number of benzene rings is 2. The van der Waals surface area contributed by atoms with Crippen LogP contribution in [0.2, 0.25) is 0 Å². The van der Waals surface area contributed by atoms with Crippen molar-refractivity contribution in [2.24, 2.45) is 0 Å². The van der Waals surface area contributed by atoms with Crippen molar-refractivity contribution < 1.29 is 13.2 Å². The molecule has 0 radical (unpaired) electrons. The molecule has 3 heterocycles. The van der Waals surface area contributed by atoms with Crippen LogP contribution in [0, 0.1) is 6.92 Å². The molecule has 0 bridgehead atoms. The molecular weight excluding hydrogens is 484 g/mol. The number of amides is 1. The number of hydrogen-bond acceptors (Lipinski definition) is 4. The fraction of sp³-hybridized carbons (Fsp3) is 0.310. The van der Waals surface area contributed by atoms with E-state index in [0.29, 0.717) is 38.0 Å². The van der Waals surface area contributed by atoms with Gasteiger partial charge in [-0.05, 0) is 55.5 Å². The average molecular weight is 517 g/mol. The number of nitrogens with zero attached hydrogens (tertiary/aromatic N) is 2. The largest absolute Gasteiger partial charge is 0.361 e. The third-order valence-electron chi connectivity index (χ3n) is 7.09. The van der Waals surface area contributed by atoms with Crippen LogP contribution in [0.5, 0.6) is 0 Å². The number of H-pyrrole nitrogens is 1. The first kappa shape index (κ1) is 25.2. The van der Waals surface area contributed by atoms with E-state index in [-0.39, 0.29) is 17.6 Å². The van der Waals surface area contributed by atoms with Crippen molar-refractivity contribution in [1.82, 2.24) is 19.6 Å². The standard InChI is InChI=1S/C29H32N4O3S/c1-21-11-12-26(29(34)30-16-13-24-19-31-27-10-6-5-9-25(24)27)28(32-21)23-14-17-33(18-15-23)37(35,36)20-22-7-3-2-4-8-22/h2-12,19,23,31H,13-18,20H2,1H3,(H,30,34). The quantitative estimate of drug-likeness (QED) is 0.359. The number of rotatable bonds is 8. The minimum Gasteiger partial charge on any atom is -0.361 e. The molecule has 2 N–H and O–H groups in total. The molecule has 2 aromatic carbocycles. The fourth-order valence-corrected chi connectivity index (χ4v) is 6.67. The van der Waals surface area contributed by atoms with E-state index in [1.165, 1.54) is 10.9 Å². The van der Waals surface area contributed by atoms with Crippen molar-refractivity contribution in [2.75, 3.05) is 19.6 Å². The minimum absolute atomic E-state index is 0.00524. The molecule has 1 fully saturated rings. The second-order valence-corrected chi connectivity index (χ2v) is 11.6. The maximum atomic E-state index is 13.2. The Bertz CT molecular complexity index is 1490. The molecule has 0 spiro atoms. The molecule has 5 rings (SSSR count). The van der Waals surface area contributed by atoms with E-state index >= 15 is 0 Å². The molecule has 1 aliphatic rings. The molecule has 1 aliphatic heterocycles. The molecule has 0 saturated carbocycles. The number of aromatic nitrogens is 2. The summed E-state index contributed by atoms with van der Waals surface area (Å²) in [6, 6.07) is 21.1. The number of sulfonamides is 1. The zero-order valence-corrected chi connectivity index (χ0v) is 21.8. The second-order valence-electron chi connectivity index (χ2n) is 9.67. The predicted octanol–water partition coefficient (Wildman–Crippen LogP) is 4.55. The van der Waals surface area contributed by atoms with E-state index in [1.807, 2.05) is 73.8 Å². The van der Waals surface area contributed by atoms with Crippen LogP contribution < -0.4 is 5.32 Å². The molecule has 0 unspecified atom stereocenters. The Morgan fingerprint density at radius 2 is 1.76 bits per heavy atom. The first-order chi connectivity index (χ1) is 17.9. The number of aryl methyl sites for hydroxylation is 1. The van der Waals surface area contributed by atoms with E-state index in [4.69, 9.17) is 4.98 Å². The molecule has 1 saturated heterocycles. The maximum Gasteiger partial charge on any atom is 0.253 e. The van der Waals surface area contributed by atoms with Crippen LogP contribution in [-0.2, 0) is 22.2 Å². The zero-order chi connectivity index (χ0) is 25.8. The van der Waals surface area contributed by atoms with Gasteiger partial charge in [-0.15, -0.1) is 0 Å². The molecular formula is C29H32N4O3S. The fourth-order valence-electron chi connectivity index (χ4n) is 5.11. The highest BCUT2D eigenvalue weighted by molar-refractivity contribution is 7.88. The topological polar surface area (TPSA) is 95.2 Å². The summed E-state index contributed by atoms with van der Waals surface area (Å²) in [5, 5.41) is 4.23. The summed E-state index contributed by atoms with van der Waals surface area (Å²) in [5.41, 5.74) is 5.24. The van der Waals surface area contributed by atoms with Crippen LogP contribution in [0.3, 0.4) is 0 Å². The predicted molar refractivity (Wildman–Crippen MR) is 146 cm³/mol. The Morgan fingerprint density at radius 3 is 2.54 bits per heavy atom. The van der Waals surface area contributed by atoms with Crippen LogP contribution in [0.1, 0.15) is 51.6 Å². The van der Waals surface area contributed by atoms with Crippen molar-refractivity contribution in [3.8, 4) is 0 Å². The number of carbonyl (C=O) groups excluding carboxylic acids is 1. The number of aromatic amines is 1. The number of carbonyl (C=O) groups is 1. The first-order valence-electron chi connectivity index (χ1n) is 12.7. The SMILES string of the molecule is Cc1ccc(C(=O)NCCc2c[nH]c3ccccc23)c(C2CCN(S(=O)(=O)Cc3ccccc3)CC2)n1. The Kier molecular flexibility index (Phi) is 7.39. The van der Waals surface area contributed by atoms with Gasteiger partial charge in [-0.1, -0.05) is 48.5 Å². The van der Waals surface area contributed by atoms with Gasteiger partial charge in [0.2, 0.25) is 10.0 Å². The van der Waals surface area contributed by atoms with Crippen molar-refractivity contribution >= 4 is 26.8 Å². The summed E-state index contributed by atoms with van der Waals surface area (Å²) in [6.45, 7) is 3.29. The highest BCUT2D eigenvalue weighted by Gasteiger charge is 2.31. The minimum atomic E-state index is -3.39. The van der Waals surface area contributed by atoms with Gasteiger partial charge in [-0.25, -0.2) is 12.7 Å². The molecule has 192 valence electrons. The highest BCUT2D eigenvalue weighted by Crippen LogP contribution is 2.31. The summed E-state index contributed by atoms with van der Waals surface area (Å²) in [7, 11) is -3.39. The number of hydrogen-bond donors (Lipinski definition) is 2. The average Bonchev–Trinajstić information content (AvgIpc) is 3.32. The number of piperidine rings is 1. The summed E-state index contributed by atoms with van der Waals surface area (Å²) >= 11 is 0. The monoisotopic (exact) mass is 516 g/mol. The van der Waals surface area contributed by atoms with Crippen molar-refractivity contribution in [1.29, 1.82) is 0 Å². The Balaban J connectivity index is 1.23. The molecule has 7 nitrogen and oxygen atoms in total. The van der Waals surface area contributed by atoms with Crippen LogP contribution in [0.4, 0.5) is 0 Å². The van der Waals surface area contributed by atoms with Crippen LogP contribution >= 0.6 is 0 Å². The molecule has 2 aromatic heterocycles. The van der Waals surface area contributed by atoms with Crippen LogP contribution in [-0.4, -0.2) is 48.2 Å². The van der Waals surface area contributed by atoms with Crippen molar-refractivity contribution in [2.45, 2.75) is 37.9 Å². The Morgan fingerprint density at radius 1 is 1.03 bits per heavy atom. The molecule has 37 heavy (non-hydrogen) atoms. The number of para-hydroxylation sites is 1. The van der Waals surface area contributed by atoms with Crippen LogP contribution in [0.25, 0.3) is 10.9 Å². The summed E-state index contributed by atoms with van der Waals surface area (Å²) in [6.07, 6.45) is 4.00. The van der Waals surface area contributed by atoms with E-state index < -0.39 is 10.0 Å². The molecule has 8 heteroatoms. The van der Waals surface area contributed by atoms with Gasteiger partial charge in [0.1, 0.15) is 0 Å². The second kappa shape index (κ2) is 10.9. The molecule has 0 aliphatic carbocycles. The van der Waals surface area contributed by atoms with Crippen molar-refractivity contribution in [3.05, 3.63) is 101 Å². The Hall–Kier alpha value is -3.49. The van der Waals surface area contributed by atoms with Gasteiger partial charge < -0.3 is 10.3 Å². The van der Waals surface area contributed by atoms with Gasteiger partial charge in [0.05, 0.1) is 17.0 Å². The Labute approximate surface area is 218 Å². The zero-order valence-electron chi connectivity index (χ0n) is 21.0. The first-order valence-corrected chi connectivity index (χ1v) is 14.3. The third kappa shape index (κ3) is 5.76. The third-order valence-corrected chi connectivity index (χ3v) is 8.94. The van der Waals surface area contributed by atoms with Crippen molar-refractivity contribution in [3.63, 3.8) is 0 Å². The lowest BCUT2D eigenvalue weighted by atomic mass is 9.90. The van der Waals surface area contributed by atoms with E-state index in [1.54, 1.807) is 4.31 Å². The van der Waals surface area contributed by atoms with E-state index in [2.05, 4.69) is 16.4 Å². The number of pyridine rings is 1. The van der Waals surface area contributed by atoms with E-state index in [0.717, 1.165) is 28.9 Å². The van der Waals surface area contributed by atoms with Gasteiger partial charge in [-0.3, -0.25) is 9.78 Å². The van der Waals surface area contributed by atoms with Gasteiger partial charge in [-0.2, -0.15) is 0 Å². The number of fused-ring (bicyclic) bond motifs is 1. The summed E-state index contributed by atoms with van der Waals surface area (Å²) in [5.74, 6) is -0.0930. The molecule has 4 aromatic rings. The molecule has 0 atom stereocenters. The normalized spacial score (nSPS) is 15.2. The maximum absolute atomic E-state index is 13.2. The van der Waals surface area contributed by atoms with Gasteiger partial charge >= 0.3 is 0 Å². The molecule has 1 amide bonds.